The number of rotatable bonds is 11. The van der Waals surface area contributed by atoms with Gasteiger partial charge in [-0.3, -0.25) is 0 Å². The average molecular weight is 331 g/mol. The molecule has 136 valence electrons. The molecule has 2 aliphatic rings. The van der Waals surface area contributed by atoms with Crippen LogP contribution in [-0.2, 0) is 4.74 Å². The van der Waals surface area contributed by atoms with Crippen LogP contribution in [0.1, 0.15) is 77.6 Å². The molecular formula is C23H38O. The molecule has 1 nitrogen and oxygen atoms in total. The van der Waals surface area contributed by atoms with Gasteiger partial charge in [-0.05, 0) is 50.4 Å². The monoisotopic (exact) mass is 330 g/mol. The van der Waals surface area contributed by atoms with Gasteiger partial charge in [0.05, 0.1) is 6.61 Å². The lowest BCUT2D eigenvalue weighted by molar-refractivity contribution is 0.0626. The summed E-state index contributed by atoms with van der Waals surface area (Å²) in [5, 5.41) is 0. The summed E-state index contributed by atoms with van der Waals surface area (Å²) < 4.78 is 5.91. The summed E-state index contributed by atoms with van der Waals surface area (Å²) in [5.74, 6) is 1.91. The number of allylic oxidation sites excluding steroid dienone is 4. The van der Waals surface area contributed by atoms with E-state index in [9.17, 15) is 0 Å². The fourth-order valence-corrected chi connectivity index (χ4v) is 4.40. The highest BCUT2D eigenvalue weighted by Crippen LogP contribution is 2.37. The van der Waals surface area contributed by atoms with Gasteiger partial charge in [0.2, 0.25) is 0 Å². The third-order valence-corrected chi connectivity index (χ3v) is 5.96. The minimum Gasteiger partial charge on any atom is -0.381 e. The van der Waals surface area contributed by atoms with Crippen LogP contribution < -0.4 is 0 Å². The summed E-state index contributed by atoms with van der Waals surface area (Å²) in [5.41, 5.74) is 0.269. The van der Waals surface area contributed by atoms with Crippen molar-refractivity contribution < 1.29 is 4.74 Å². The molecule has 1 atom stereocenters. The molecule has 0 aromatic rings. The largest absolute Gasteiger partial charge is 0.381 e. The van der Waals surface area contributed by atoms with E-state index in [1.165, 1.54) is 57.8 Å². The molecule has 0 bridgehead atoms. The third-order valence-electron chi connectivity index (χ3n) is 5.96. The van der Waals surface area contributed by atoms with Crippen LogP contribution in [0.2, 0.25) is 0 Å². The van der Waals surface area contributed by atoms with Crippen LogP contribution in [0.15, 0.2) is 37.0 Å². The van der Waals surface area contributed by atoms with Crippen molar-refractivity contribution >= 4 is 0 Å². The normalized spacial score (nSPS) is 29.7. The predicted molar refractivity (Wildman–Crippen MR) is 105 cm³/mol. The predicted octanol–water partition coefficient (Wildman–Crippen LogP) is 6.86. The lowest BCUT2D eigenvalue weighted by atomic mass is 9.76. The summed E-state index contributed by atoms with van der Waals surface area (Å²) in [6.07, 6.45) is 25.9. The molecule has 0 saturated heterocycles. The van der Waals surface area contributed by atoms with E-state index in [1.807, 2.05) is 0 Å². The molecule has 0 N–H and O–H groups in total. The molecule has 0 aromatic heterocycles. The van der Waals surface area contributed by atoms with Crippen LogP contribution in [0.5, 0.6) is 0 Å². The summed E-state index contributed by atoms with van der Waals surface area (Å²) in [6.45, 7) is 7.87. The molecule has 2 aliphatic carbocycles. The zero-order valence-electron chi connectivity index (χ0n) is 15.8. The Hall–Kier alpha value is -0.820. The van der Waals surface area contributed by atoms with E-state index < -0.39 is 0 Å². The van der Waals surface area contributed by atoms with Gasteiger partial charge < -0.3 is 4.74 Å². The topological polar surface area (TPSA) is 9.23 Å². The first-order valence-corrected chi connectivity index (χ1v) is 10.3. The zero-order valence-corrected chi connectivity index (χ0v) is 15.8. The van der Waals surface area contributed by atoms with Gasteiger partial charge >= 0.3 is 0 Å². The van der Waals surface area contributed by atoms with Crippen LogP contribution in [0, 0.1) is 17.3 Å². The maximum Gasteiger partial charge on any atom is 0.0560 e. The minimum absolute atomic E-state index is 0.269. The van der Waals surface area contributed by atoms with Crippen LogP contribution in [0.3, 0.4) is 0 Å². The van der Waals surface area contributed by atoms with E-state index in [0.29, 0.717) is 0 Å². The van der Waals surface area contributed by atoms with Crippen LogP contribution in [0.4, 0.5) is 0 Å². The Balaban J connectivity index is 1.65. The van der Waals surface area contributed by atoms with Crippen LogP contribution in [-0.4, -0.2) is 13.2 Å². The van der Waals surface area contributed by atoms with Gasteiger partial charge in [0.25, 0.3) is 0 Å². The van der Waals surface area contributed by atoms with Gasteiger partial charge in [0.15, 0.2) is 0 Å². The van der Waals surface area contributed by atoms with Crippen molar-refractivity contribution in [2.45, 2.75) is 77.6 Å². The Kier molecular flexibility index (Phi) is 8.88. The summed E-state index contributed by atoms with van der Waals surface area (Å²) >= 11 is 0. The van der Waals surface area contributed by atoms with Gasteiger partial charge in [-0.1, -0.05) is 69.4 Å². The van der Waals surface area contributed by atoms with E-state index >= 15 is 0 Å². The van der Waals surface area contributed by atoms with E-state index in [0.717, 1.165) is 37.9 Å². The quantitative estimate of drug-likeness (QED) is 0.297. The molecule has 2 rings (SSSR count). The highest BCUT2D eigenvalue weighted by atomic mass is 16.5. The summed E-state index contributed by atoms with van der Waals surface area (Å²) in [7, 11) is 0. The first kappa shape index (κ1) is 19.5. The molecule has 24 heavy (non-hydrogen) atoms. The SMILES string of the molecule is C=CCC1CCC(CCCCC2(COCCC)C=CC=CC2)CC1. The molecule has 0 spiro atoms. The fraction of sp³-hybridized carbons (Fsp3) is 0.739. The molecule has 0 aromatic carbocycles. The van der Waals surface area contributed by atoms with E-state index in [4.69, 9.17) is 4.74 Å². The van der Waals surface area contributed by atoms with Crippen molar-refractivity contribution in [2.24, 2.45) is 17.3 Å². The van der Waals surface area contributed by atoms with E-state index in [-0.39, 0.29) is 5.41 Å². The Morgan fingerprint density at radius 3 is 2.58 bits per heavy atom. The second kappa shape index (κ2) is 10.9. The van der Waals surface area contributed by atoms with E-state index in [1.54, 1.807) is 0 Å². The van der Waals surface area contributed by atoms with Crippen molar-refractivity contribution in [1.29, 1.82) is 0 Å². The molecule has 1 fully saturated rings. The molecule has 1 saturated carbocycles. The van der Waals surface area contributed by atoms with Crippen molar-refractivity contribution in [1.82, 2.24) is 0 Å². The van der Waals surface area contributed by atoms with Crippen molar-refractivity contribution in [3.05, 3.63) is 37.0 Å². The molecule has 0 amide bonds. The molecule has 0 aliphatic heterocycles. The minimum atomic E-state index is 0.269. The van der Waals surface area contributed by atoms with Gasteiger partial charge in [-0.25, -0.2) is 0 Å². The lowest BCUT2D eigenvalue weighted by Gasteiger charge is -2.32. The van der Waals surface area contributed by atoms with Gasteiger partial charge in [-0.2, -0.15) is 0 Å². The lowest BCUT2D eigenvalue weighted by Crippen LogP contribution is -2.26. The molecule has 1 heteroatoms. The standard InChI is InChI=1S/C23H38O/c1-3-10-21-12-14-22(15-13-21)11-6-9-18-23(20-24-19-4-2)16-7-5-8-17-23/h3,5,7-8,16,21-22H,1,4,6,9-15,17-20H2,2H3. The Labute approximate surface area is 150 Å². The first-order chi connectivity index (χ1) is 11.8. The molecule has 1 unspecified atom stereocenters. The van der Waals surface area contributed by atoms with Crippen molar-refractivity contribution in [3.8, 4) is 0 Å². The number of hydrogen-bond donors (Lipinski definition) is 0. The molecule has 0 heterocycles. The van der Waals surface area contributed by atoms with Crippen LogP contribution >= 0.6 is 0 Å². The van der Waals surface area contributed by atoms with Crippen molar-refractivity contribution in [2.75, 3.05) is 13.2 Å². The smallest absolute Gasteiger partial charge is 0.0560 e. The van der Waals surface area contributed by atoms with Crippen LogP contribution in [0.25, 0.3) is 0 Å². The number of unbranched alkanes of at least 4 members (excludes halogenated alkanes) is 1. The Morgan fingerprint density at radius 1 is 1.12 bits per heavy atom. The third kappa shape index (κ3) is 6.59. The summed E-state index contributed by atoms with van der Waals surface area (Å²) in [4.78, 5) is 0. The Bertz CT molecular complexity index is 400. The second-order valence-electron chi connectivity index (χ2n) is 8.06. The number of ether oxygens (including phenoxy) is 1. The fourth-order valence-electron chi connectivity index (χ4n) is 4.40. The average Bonchev–Trinajstić information content (AvgIpc) is 2.62. The number of hydrogen-bond acceptors (Lipinski definition) is 1. The highest BCUT2D eigenvalue weighted by Gasteiger charge is 2.27. The summed E-state index contributed by atoms with van der Waals surface area (Å²) in [6, 6.07) is 0. The van der Waals surface area contributed by atoms with Gasteiger partial charge in [-0.15, -0.1) is 6.58 Å². The first-order valence-electron chi connectivity index (χ1n) is 10.3. The van der Waals surface area contributed by atoms with E-state index in [2.05, 4.69) is 43.9 Å². The molecular weight excluding hydrogens is 292 g/mol. The zero-order chi connectivity index (χ0) is 17.1. The highest BCUT2D eigenvalue weighted by molar-refractivity contribution is 5.16. The Morgan fingerprint density at radius 2 is 1.92 bits per heavy atom. The molecule has 0 radical (unpaired) electrons. The second-order valence-corrected chi connectivity index (χ2v) is 8.06. The van der Waals surface area contributed by atoms with Crippen molar-refractivity contribution in [3.63, 3.8) is 0 Å². The maximum atomic E-state index is 5.91. The van der Waals surface area contributed by atoms with Gasteiger partial charge in [0.1, 0.15) is 0 Å². The van der Waals surface area contributed by atoms with Gasteiger partial charge in [0, 0.05) is 12.0 Å². The maximum absolute atomic E-state index is 5.91.